The molecule has 0 aliphatic carbocycles. The maximum Gasteiger partial charge on any atom is 0.187 e. The molecular formula is C12H21N3OS. The topological polar surface area (TPSA) is 51.4 Å². The summed E-state index contributed by atoms with van der Waals surface area (Å²) >= 11 is 1.64. The van der Waals surface area contributed by atoms with Crippen molar-refractivity contribution in [2.45, 2.75) is 26.2 Å². The molecule has 0 radical (unpaired) electrons. The minimum Gasteiger partial charge on any atom is -0.383 e. The van der Waals surface area contributed by atoms with Gasteiger partial charge in [-0.15, -0.1) is 11.3 Å². The molecule has 0 bridgehead atoms. The molecule has 1 atom stereocenters. The Morgan fingerprint density at radius 3 is 3.24 bits per heavy atom. The maximum atomic E-state index is 5.67. The highest BCUT2D eigenvalue weighted by molar-refractivity contribution is 7.14. The van der Waals surface area contributed by atoms with Crippen molar-refractivity contribution in [2.75, 3.05) is 36.9 Å². The number of thiazole rings is 1. The van der Waals surface area contributed by atoms with Gasteiger partial charge in [0.1, 0.15) is 5.82 Å². The minimum atomic E-state index is 0.634. The molecule has 1 aromatic rings. The van der Waals surface area contributed by atoms with E-state index >= 15 is 0 Å². The molecule has 0 spiro atoms. The predicted octanol–water partition coefficient (Wildman–Crippen LogP) is 2.37. The van der Waals surface area contributed by atoms with Crippen molar-refractivity contribution in [3.63, 3.8) is 0 Å². The van der Waals surface area contributed by atoms with Gasteiger partial charge >= 0.3 is 0 Å². The lowest BCUT2D eigenvalue weighted by Crippen LogP contribution is -2.37. The van der Waals surface area contributed by atoms with E-state index in [4.69, 9.17) is 10.5 Å². The Kier molecular flexibility index (Phi) is 4.62. The zero-order valence-corrected chi connectivity index (χ0v) is 11.2. The van der Waals surface area contributed by atoms with Crippen molar-refractivity contribution >= 4 is 22.3 Å². The molecule has 1 aliphatic heterocycles. The molecule has 2 N–H and O–H groups in total. The average molecular weight is 255 g/mol. The molecule has 1 saturated heterocycles. The van der Waals surface area contributed by atoms with Crippen LogP contribution in [-0.4, -0.2) is 31.3 Å². The quantitative estimate of drug-likeness (QED) is 0.821. The first-order valence-electron chi connectivity index (χ1n) is 6.33. The second kappa shape index (κ2) is 6.21. The average Bonchev–Trinajstić information content (AvgIpc) is 2.77. The Bertz CT molecular complexity index is 342. The minimum absolute atomic E-state index is 0.634. The third-order valence-electron chi connectivity index (χ3n) is 3.00. The van der Waals surface area contributed by atoms with Crippen LogP contribution in [-0.2, 0) is 4.74 Å². The highest BCUT2D eigenvalue weighted by Gasteiger charge is 2.21. The zero-order valence-electron chi connectivity index (χ0n) is 10.4. The van der Waals surface area contributed by atoms with Crippen LogP contribution in [0.3, 0.4) is 0 Å². The summed E-state index contributed by atoms with van der Waals surface area (Å²) in [6.07, 6.45) is 3.58. The fraction of sp³-hybridized carbons (Fsp3) is 0.750. The van der Waals surface area contributed by atoms with Crippen molar-refractivity contribution in [3.05, 3.63) is 5.38 Å². The number of hydrogen-bond acceptors (Lipinski definition) is 5. The number of rotatable bonds is 5. The molecule has 17 heavy (non-hydrogen) atoms. The Morgan fingerprint density at radius 2 is 2.53 bits per heavy atom. The third-order valence-corrected chi connectivity index (χ3v) is 3.92. The highest BCUT2D eigenvalue weighted by atomic mass is 32.1. The van der Waals surface area contributed by atoms with Crippen molar-refractivity contribution in [1.82, 2.24) is 4.98 Å². The van der Waals surface area contributed by atoms with Gasteiger partial charge in [0.25, 0.3) is 0 Å². The van der Waals surface area contributed by atoms with E-state index in [0.717, 1.165) is 37.9 Å². The number of hydrogen-bond donors (Lipinski definition) is 1. The fourth-order valence-corrected chi connectivity index (χ4v) is 2.94. The molecule has 2 rings (SSSR count). The van der Waals surface area contributed by atoms with Gasteiger partial charge in [-0.3, -0.25) is 0 Å². The van der Waals surface area contributed by atoms with Crippen molar-refractivity contribution in [2.24, 2.45) is 5.92 Å². The largest absolute Gasteiger partial charge is 0.383 e. The summed E-state index contributed by atoms with van der Waals surface area (Å²) in [5.41, 5.74) is 5.67. The predicted molar refractivity (Wildman–Crippen MR) is 72.6 cm³/mol. The number of ether oxygens (including phenoxy) is 1. The van der Waals surface area contributed by atoms with E-state index in [-0.39, 0.29) is 0 Å². The van der Waals surface area contributed by atoms with Crippen LogP contribution in [0, 0.1) is 5.92 Å². The van der Waals surface area contributed by atoms with Gasteiger partial charge in [-0.2, -0.15) is 0 Å². The smallest absolute Gasteiger partial charge is 0.187 e. The van der Waals surface area contributed by atoms with Gasteiger partial charge in [0.15, 0.2) is 5.13 Å². The van der Waals surface area contributed by atoms with E-state index < -0.39 is 0 Å². The number of nitrogens with zero attached hydrogens (tertiary/aromatic N) is 2. The van der Waals surface area contributed by atoms with E-state index in [2.05, 4.69) is 16.8 Å². The maximum absolute atomic E-state index is 5.67. The molecule has 96 valence electrons. The van der Waals surface area contributed by atoms with Crippen molar-refractivity contribution < 1.29 is 4.74 Å². The van der Waals surface area contributed by atoms with Crippen LogP contribution in [0.1, 0.15) is 26.2 Å². The van der Waals surface area contributed by atoms with Crippen LogP contribution in [0.15, 0.2) is 5.38 Å². The number of aromatic nitrogens is 1. The molecule has 1 aromatic heterocycles. The van der Waals surface area contributed by atoms with Crippen molar-refractivity contribution in [1.29, 1.82) is 0 Å². The highest BCUT2D eigenvalue weighted by Crippen LogP contribution is 2.27. The lowest BCUT2D eigenvalue weighted by atomic mass is 9.99. The Hall–Kier alpha value is -0.810. The van der Waals surface area contributed by atoms with Crippen LogP contribution < -0.4 is 10.6 Å². The van der Waals surface area contributed by atoms with Crippen LogP contribution in [0.4, 0.5) is 10.9 Å². The Morgan fingerprint density at radius 1 is 1.65 bits per heavy atom. The Balaban J connectivity index is 1.84. The fourth-order valence-electron chi connectivity index (χ4n) is 2.19. The summed E-state index contributed by atoms with van der Waals surface area (Å²) in [5.74, 6) is 1.27. The summed E-state index contributed by atoms with van der Waals surface area (Å²) < 4.78 is 5.64. The number of anilines is 2. The SMILES string of the molecule is CCCOC[C@@H]1CCCN(c2nc(N)cs2)C1. The molecule has 0 aromatic carbocycles. The first kappa shape index (κ1) is 12.6. The molecule has 1 aliphatic rings. The van der Waals surface area contributed by atoms with Crippen LogP contribution >= 0.6 is 11.3 Å². The third kappa shape index (κ3) is 3.57. The van der Waals surface area contributed by atoms with Gasteiger partial charge in [0.2, 0.25) is 0 Å². The first-order chi connectivity index (χ1) is 8.29. The summed E-state index contributed by atoms with van der Waals surface area (Å²) in [6, 6.07) is 0. The normalized spacial score (nSPS) is 20.8. The summed E-state index contributed by atoms with van der Waals surface area (Å²) in [6.45, 7) is 6.05. The van der Waals surface area contributed by atoms with E-state index in [1.165, 1.54) is 12.8 Å². The summed E-state index contributed by atoms with van der Waals surface area (Å²) in [5, 5.41) is 2.97. The standard InChI is InChI=1S/C12H21N3OS/c1-2-6-16-8-10-4-3-5-15(7-10)12-14-11(13)9-17-12/h9-10H,2-8,13H2,1H3/t10-/m1/s1. The molecule has 0 unspecified atom stereocenters. The molecular weight excluding hydrogens is 234 g/mol. The van der Waals surface area contributed by atoms with Crippen LogP contribution in [0.25, 0.3) is 0 Å². The van der Waals surface area contributed by atoms with Crippen LogP contribution in [0.5, 0.6) is 0 Å². The molecule has 0 saturated carbocycles. The van der Waals surface area contributed by atoms with Gasteiger partial charge in [-0.05, 0) is 25.2 Å². The monoisotopic (exact) mass is 255 g/mol. The zero-order chi connectivity index (χ0) is 12.1. The number of nitrogen functional groups attached to an aromatic ring is 1. The number of piperidine rings is 1. The first-order valence-corrected chi connectivity index (χ1v) is 7.21. The summed E-state index contributed by atoms with van der Waals surface area (Å²) in [4.78, 5) is 6.68. The van der Waals surface area contributed by atoms with Gasteiger partial charge < -0.3 is 15.4 Å². The lowest BCUT2D eigenvalue weighted by Gasteiger charge is -2.32. The molecule has 0 amide bonds. The van der Waals surface area contributed by atoms with E-state index in [1.54, 1.807) is 11.3 Å². The number of nitrogens with two attached hydrogens (primary N) is 1. The second-order valence-electron chi connectivity index (χ2n) is 4.58. The van der Waals surface area contributed by atoms with Gasteiger partial charge in [0.05, 0.1) is 6.61 Å². The Labute approximate surface area is 107 Å². The molecule has 2 heterocycles. The summed E-state index contributed by atoms with van der Waals surface area (Å²) in [7, 11) is 0. The van der Waals surface area contributed by atoms with E-state index in [0.29, 0.717) is 11.7 Å². The molecule has 4 nitrogen and oxygen atoms in total. The van der Waals surface area contributed by atoms with Crippen LogP contribution in [0.2, 0.25) is 0 Å². The lowest BCUT2D eigenvalue weighted by molar-refractivity contribution is 0.0940. The van der Waals surface area contributed by atoms with Crippen molar-refractivity contribution in [3.8, 4) is 0 Å². The molecule has 5 heteroatoms. The van der Waals surface area contributed by atoms with Gasteiger partial charge in [-0.1, -0.05) is 6.92 Å². The van der Waals surface area contributed by atoms with Gasteiger partial charge in [0, 0.05) is 25.1 Å². The van der Waals surface area contributed by atoms with Gasteiger partial charge in [-0.25, -0.2) is 4.98 Å². The van der Waals surface area contributed by atoms with E-state index in [1.807, 2.05) is 5.38 Å². The molecule has 1 fully saturated rings. The van der Waals surface area contributed by atoms with E-state index in [9.17, 15) is 0 Å². The second-order valence-corrected chi connectivity index (χ2v) is 5.42.